The molecule has 0 radical (unpaired) electrons. The van der Waals surface area contributed by atoms with Crippen LogP contribution < -0.4 is 11.3 Å². The van der Waals surface area contributed by atoms with E-state index in [0.717, 1.165) is 32.7 Å². The largest absolute Gasteiger partial charge is 0.378 e. The maximum Gasteiger partial charge on any atom is 0.0576 e. The van der Waals surface area contributed by atoms with Crippen molar-refractivity contribution in [3.63, 3.8) is 0 Å². The number of rotatable bonds is 6. The summed E-state index contributed by atoms with van der Waals surface area (Å²) in [6.45, 7) is 4.34. The van der Waals surface area contributed by atoms with Crippen LogP contribution in [0.5, 0.6) is 0 Å². The fourth-order valence-corrected chi connectivity index (χ4v) is 3.30. The second kappa shape index (κ2) is 7.55. The number of hydrogen-bond donors (Lipinski definition) is 2. The minimum atomic E-state index is 0.383. The Kier molecular flexibility index (Phi) is 6.04. The van der Waals surface area contributed by atoms with Crippen molar-refractivity contribution in [1.29, 1.82) is 0 Å². The molecule has 0 aromatic rings. The molecule has 2 fully saturated rings. The van der Waals surface area contributed by atoms with Gasteiger partial charge in [-0.15, -0.1) is 0 Å². The first-order valence-corrected chi connectivity index (χ1v) is 7.67. The highest BCUT2D eigenvalue weighted by Gasteiger charge is 2.29. The first kappa shape index (κ1) is 15.2. The fourth-order valence-electron chi connectivity index (χ4n) is 3.30. The van der Waals surface area contributed by atoms with Gasteiger partial charge in [-0.25, -0.2) is 0 Å². The summed E-state index contributed by atoms with van der Waals surface area (Å²) in [5, 5.41) is 0. The molecule has 2 heterocycles. The lowest BCUT2D eigenvalue weighted by Gasteiger charge is -2.41. The van der Waals surface area contributed by atoms with Crippen LogP contribution >= 0.6 is 0 Å². The Labute approximate surface area is 117 Å². The van der Waals surface area contributed by atoms with Crippen molar-refractivity contribution < 1.29 is 4.74 Å². The predicted molar refractivity (Wildman–Crippen MR) is 77.9 cm³/mol. The third kappa shape index (κ3) is 4.39. The molecule has 19 heavy (non-hydrogen) atoms. The third-order valence-corrected chi connectivity index (χ3v) is 4.64. The summed E-state index contributed by atoms with van der Waals surface area (Å²) >= 11 is 0. The Morgan fingerprint density at radius 1 is 1.37 bits per heavy atom. The molecule has 112 valence electrons. The molecule has 0 spiro atoms. The number of hydrazine groups is 1. The lowest BCUT2D eigenvalue weighted by Crippen LogP contribution is -2.59. The molecular weight excluding hydrogens is 240 g/mol. The van der Waals surface area contributed by atoms with Crippen molar-refractivity contribution >= 4 is 0 Å². The maximum atomic E-state index is 5.78. The van der Waals surface area contributed by atoms with E-state index in [-0.39, 0.29) is 0 Å². The van der Waals surface area contributed by atoms with Crippen molar-refractivity contribution in [3.8, 4) is 0 Å². The number of nitrogens with zero attached hydrogens (tertiary/aromatic N) is 2. The van der Waals surface area contributed by atoms with Gasteiger partial charge in [0.05, 0.1) is 6.10 Å². The highest BCUT2D eigenvalue weighted by Crippen LogP contribution is 2.20. The van der Waals surface area contributed by atoms with Gasteiger partial charge in [0.25, 0.3) is 0 Å². The Balaban J connectivity index is 1.74. The molecule has 3 unspecified atom stereocenters. The number of ether oxygens (including phenoxy) is 1. The summed E-state index contributed by atoms with van der Waals surface area (Å²) in [7, 11) is 4.40. The van der Waals surface area contributed by atoms with Crippen LogP contribution in [0.2, 0.25) is 0 Å². The zero-order valence-corrected chi connectivity index (χ0v) is 12.5. The Morgan fingerprint density at radius 2 is 2.21 bits per heavy atom. The SMILES string of the molecule is CN1CCN(C)C(C(CCCC2CCCO2)NN)C1. The second-order valence-corrected chi connectivity index (χ2v) is 6.15. The Hall–Kier alpha value is -0.200. The maximum absolute atomic E-state index is 5.78. The predicted octanol–water partition coefficient (Wildman–Crippen LogP) is 0.413. The smallest absolute Gasteiger partial charge is 0.0576 e. The van der Waals surface area contributed by atoms with Gasteiger partial charge in [-0.3, -0.25) is 16.2 Å². The number of nitrogens with two attached hydrogens (primary N) is 1. The minimum Gasteiger partial charge on any atom is -0.378 e. The molecule has 3 N–H and O–H groups in total. The summed E-state index contributed by atoms with van der Waals surface area (Å²) in [5.74, 6) is 5.78. The van der Waals surface area contributed by atoms with Crippen LogP contribution in [0.4, 0.5) is 0 Å². The number of likely N-dealkylation sites (N-methyl/N-ethyl adjacent to an activating group) is 2. The molecule has 5 heteroatoms. The third-order valence-electron chi connectivity index (χ3n) is 4.64. The Morgan fingerprint density at radius 3 is 2.89 bits per heavy atom. The molecule has 0 saturated carbocycles. The average molecular weight is 270 g/mol. The normalized spacial score (nSPS) is 31.7. The molecular formula is C14H30N4O. The van der Waals surface area contributed by atoms with E-state index in [9.17, 15) is 0 Å². The standard InChI is InChI=1S/C14H30N4O/c1-17-8-9-18(2)14(11-17)13(16-15)7-3-5-12-6-4-10-19-12/h12-14,16H,3-11,15H2,1-2H3. The van der Waals surface area contributed by atoms with E-state index >= 15 is 0 Å². The van der Waals surface area contributed by atoms with Crippen molar-refractivity contribution in [2.24, 2.45) is 5.84 Å². The van der Waals surface area contributed by atoms with Crippen LogP contribution in [0.15, 0.2) is 0 Å². The summed E-state index contributed by atoms with van der Waals surface area (Å²) in [4.78, 5) is 4.84. The highest BCUT2D eigenvalue weighted by atomic mass is 16.5. The quantitative estimate of drug-likeness (QED) is 0.541. The summed E-state index contributed by atoms with van der Waals surface area (Å²) in [6.07, 6.45) is 6.51. The number of piperazine rings is 1. The van der Waals surface area contributed by atoms with Gasteiger partial charge < -0.3 is 9.64 Å². The minimum absolute atomic E-state index is 0.383. The van der Waals surface area contributed by atoms with E-state index in [4.69, 9.17) is 10.6 Å². The first-order chi connectivity index (χ1) is 9.20. The lowest BCUT2D eigenvalue weighted by atomic mass is 9.97. The van der Waals surface area contributed by atoms with Crippen LogP contribution in [0.1, 0.15) is 32.1 Å². The van der Waals surface area contributed by atoms with Crippen molar-refractivity contribution in [2.45, 2.75) is 50.3 Å². The highest BCUT2D eigenvalue weighted by molar-refractivity contribution is 4.88. The van der Waals surface area contributed by atoms with Gasteiger partial charge in [-0.2, -0.15) is 0 Å². The van der Waals surface area contributed by atoms with E-state index in [1.165, 1.54) is 25.7 Å². The monoisotopic (exact) mass is 270 g/mol. The molecule has 0 aromatic heterocycles. The van der Waals surface area contributed by atoms with Crippen molar-refractivity contribution in [3.05, 3.63) is 0 Å². The summed E-state index contributed by atoms with van der Waals surface area (Å²) in [5.41, 5.74) is 3.04. The van der Waals surface area contributed by atoms with Gasteiger partial charge in [-0.1, -0.05) is 0 Å². The topological polar surface area (TPSA) is 53.8 Å². The van der Waals surface area contributed by atoms with E-state index in [2.05, 4.69) is 29.3 Å². The van der Waals surface area contributed by atoms with E-state index < -0.39 is 0 Å². The molecule has 2 aliphatic heterocycles. The fraction of sp³-hybridized carbons (Fsp3) is 1.00. The van der Waals surface area contributed by atoms with Crippen LogP contribution in [0.25, 0.3) is 0 Å². The molecule has 3 atom stereocenters. The zero-order chi connectivity index (χ0) is 13.7. The molecule has 0 amide bonds. The molecule has 5 nitrogen and oxygen atoms in total. The van der Waals surface area contributed by atoms with Crippen molar-refractivity contribution in [2.75, 3.05) is 40.3 Å². The zero-order valence-electron chi connectivity index (χ0n) is 12.5. The van der Waals surface area contributed by atoms with Gasteiger partial charge in [0.2, 0.25) is 0 Å². The molecule has 0 bridgehead atoms. The van der Waals surface area contributed by atoms with E-state index in [1.807, 2.05) is 0 Å². The Bertz CT molecular complexity index is 258. The van der Waals surface area contributed by atoms with E-state index in [1.54, 1.807) is 0 Å². The molecule has 2 saturated heterocycles. The average Bonchev–Trinajstić information content (AvgIpc) is 2.91. The van der Waals surface area contributed by atoms with Gasteiger partial charge >= 0.3 is 0 Å². The van der Waals surface area contributed by atoms with Gasteiger partial charge in [0.15, 0.2) is 0 Å². The second-order valence-electron chi connectivity index (χ2n) is 6.15. The van der Waals surface area contributed by atoms with Crippen LogP contribution in [-0.4, -0.2) is 68.3 Å². The van der Waals surface area contributed by atoms with Crippen LogP contribution in [0.3, 0.4) is 0 Å². The molecule has 0 aliphatic carbocycles. The summed E-state index contributed by atoms with van der Waals surface area (Å²) < 4.78 is 5.68. The summed E-state index contributed by atoms with van der Waals surface area (Å²) in [6, 6.07) is 0.905. The van der Waals surface area contributed by atoms with Gasteiger partial charge in [0.1, 0.15) is 0 Å². The molecule has 2 rings (SSSR count). The number of nitrogens with one attached hydrogen (secondary N) is 1. The molecule has 0 aromatic carbocycles. The van der Waals surface area contributed by atoms with Crippen LogP contribution in [-0.2, 0) is 4.74 Å². The van der Waals surface area contributed by atoms with Crippen molar-refractivity contribution in [1.82, 2.24) is 15.2 Å². The number of hydrogen-bond acceptors (Lipinski definition) is 5. The molecule has 2 aliphatic rings. The van der Waals surface area contributed by atoms with Crippen LogP contribution in [0, 0.1) is 0 Å². The van der Waals surface area contributed by atoms with Gasteiger partial charge in [-0.05, 0) is 46.2 Å². The van der Waals surface area contributed by atoms with E-state index in [0.29, 0.717) is 18.2 Å². The van der Waals surface area contributed by atoms with Gasteiger partial charge in [0, 0.05) is 38.3 Å². The first-order valence-electron chi connectivity index (χ1n) is 7.67. The lowest BCUT2D eigenvalue weighted by molar-refractivity contribution is 0.0782.